The smallest absolute Gasteiger partial charge is 0.310 e. The maximum Gasteiger partial charge on any atom is 0.324 e. The van der Waals surface area contributed by atoms with Crippen molar-refractivity contribution in [1.82, 2.24) is 4.98 Å². The number of rotatable bonds is 6. The molecule has 0 aliphatic heterocycles. The Morgan fingerprint density at radius 2 is 1.92 bits per heavy atom. The third kappa shape index (κ3) is 4.55. The summed E-state index contributed by atoms with van der Waals surface area (Å²) in [5, 5.41) is 3.86. The van der Waals surface area contributed by atoms with E-state index in [4.69, 9.17) is 4.52 Å². The lowest BCUT2D eigenvalue weighted by molar-refractivity contribution is 0.0506. The zero-order chi connectivity index (χ0) is 18.6. The summed E-state index contributed by atoms with van der Waals surface area (Å²) >= 11 is 0. The van der Waals surface area contributed by atoms with Gasteiger partial charge in [0, 0.05) is 6.20 Å². The fraction of sp³-hybridized carbons (Fsp3) is 0.476. The largest absolute Gasteiger partial charge is 0.324 e. The van der Waals surface area contributed by atoms with Crippen LogP contribution in [0.5, 0.6) is 0 Å². The fourth-order valence-electron chi connectivity index (χ4n) is 3.80. The van der Waals surface area contributed by atoms with Crippen LogP contribution in [0.25, 0.3) is 0 Å². The standard InChI is InChI=1S/C21H29N2O2P/c1-16(2)20-12-11-17(3)14-21(20)25-26(24,19-9-5-4-6-10-19)23-18-8-7-13-22-15-18/h4-10,13,15-17,20-21H,11-12,14H2,1-3H3,(H,23,24)/t17-,20-,21-,26-/m1/s1. The molecule has 3 rings (SSSR count). The van der Waals surface area contributed by atoms with Crippen LogP contribution in [-0.4, -0.2) is 11.1 Å². The Balaban J connectivity index is 1.91. The molecule has 5 heteroatoms. The van der Waals surface area contributed by atoms with Gasteiger partial charge in [0.15, 0.2) is 0 Å². The summed E-state index contributed by atoms with van der Waals surface area (Å²) in [7, 11) is -3.26. The zero-order valence-corrected chi connectivity index (χ0v) is 16.7. The summed E-state index contributed by atoms with van der Waals surface area (Å²) in [6.07, 6.45) is 6.68. The normalized spacial score (nSPS) is 25.6. The summed E-state index contributed by atoms with van der Waals surface area (Å²) < 4.78 is 20.4. The number of hydrogen-bond acceptors (Lipinski definition) is 3. The van der Waals surface area contributed by atoms with E-state index < -0.39 is 7.52 Å². The molecule has 1 aromatic heterocycles. The lowest BCUT2D eigenvalue weighted by Gasteiger charge is -2.39. The second-order valence-electron chi connectivity index (χ2n) is 7.71. The third-order valence-electron chi connectivity index (χ3n) is 5.28. The van der Waals surface area contributed by atoms with E-state index in [0.717, 1.165) is 12.8 Å². The van der Waals surface area contributed by atoms with Crippen molar-refractivity contribution < 1.29 is 9.09 Å². The van der Waals surface area contributed by atoms with Crippen LogP contribution in [0.15, 0.2) is 54.9 Å². The van der Waals surface area contributed by atoms with E-state index in [1.165, 1.54) is 6.42 Å². The summed E-state index contributed by atoms with van der Waals surface area (Å²) in [4.78, 5) is 4.13. The summed E-state index contributed by atoms with van der Waals surface area (Å²) in [6, 6.07) is 13.2. The predicted molar refractivity (Wildman–Crippen MR) is 108 cm³/mol. The van der Waals surface area contributed by atoms with Gasteiger partial charge in [0.25, 0.3) is 0 Å². The van der Waals surface area contributed by atoms with Crippen molar-refractivity contribution in [2.24, 2.45) is 17.8 Å². The molecule has 0 amide bonds. The summed E-state index contributed by atoms with van der Waals surface area (Å²) in [5.74, 6) is 1.53. The van der Waals surface area contributed by atoms with Crippen molar-refractivity contribution in [2.75, 3.05) is 5.09 Å². The highest BCUT2D eigenvalue weighted by molar-refractivity contribution is 7.68. The molecule has 0 saturated heterocycles. The SMILES string of the molecule is CC(C)[C@H]1CC[C@@H](C)C[C@H]1O[P@@](=O)(Nc1cccnc1)c1ccccc1. The van der Waals surface area contributed by atoms with E-state index in [9.17, 15) is 4.57 Å². The molecule has 1 N–H and O–H groups in total. The minimum absolute atomic E-state index is 0.00559. The minimum Gasteiger partial charge on any atom is -0.310 e. The van der Waals surface area contributed by atoms with Gasteiger partial charge in [-0.05, 0) is 54.9 Å². The molecule has 1 fully saturated rings. The second-order valence-corrected chi connectivity index (χ2v) is 9.76. The van der Waals surface area contributed by atoms with E-state index in [1.54, 1.807) is 12.4 Å². The molecule has 1 aromatic carbocycles. The van der Waals surface area contributed by atoms with Crippen molar-refractivity contribution >= 4 is 18.5 Å². The molecule has 0 spiro atoms. The second kappa shape index (κ2) is 8.37. The molecular formula is C21H29N2O2P. The van der Waals surface area contributed by atoms with Gasteiger partial charge in [-0.2, -0.15) is 0 Å². The van der Waals surface area contributed by atoms with E-state index in [-0.39, 0.29) is 6.10 Å². The first-order chi connectivity index (χ1) is 12.5. The van der Waals surface area contributed by atoms with Gasteiger partial charge in [0.2, 0.25) is 0 Å². The Kier molecular flexibility index (Phi) is 6.16. The van der Waals surface area contributed by atoms with Gasteiger partial charge in [0.05, 0.1) is 23.3 Å². The number of aromatic nitrogens is 1. The lowest BCUT2D eigenvalue weighted by atomic mass is 9.75. The van der Waals surface area contributed by atoms with Crippen molar-refractivity contribution in [1.29, 1.82) is 0 Å². The van der Waals surface area contributed by atoms with Gasteiger partial charge in [-0.1, -0.05) is 45.4 Å². The number of benzene rings is 1. The lowest BCUT2D eigenvalue weighted by Crippen LogP contribution is -2.35. The first-order valence-electron chi connectivity index (χ1n) is 9.50. The molecule has 1 heterocycles. The van der Waals surface area contributed by atoms with E-state index in [0.29, 0.717) is 28.7 Å². The highest BCUT2D eigenvalue weighted by Crippen LogP contribution is 2.50. The summed E-state index contributed by atoms with van der Waals surface area (Å²) in [6.45, 7) is 6.73. The molecular weight excluding hydrogens is 343 g/mol. The number of pyridine rings is 1. The molecule has 2 aromatic rings. The molecule has 140 valence electrons. The van der Waals surface area contributed by atoms with Crippen LogP contribution in [0.1, 0.15) is 40.0 Å². The van der Waals surface area contributed by atoms with Gasteiger partial charge in [-0.25, -0.2) is 0 Å². The van der Waals surface area contributed by atoms with Crippen molar-refractivity contribution in [2.45, 2.75) is 46.1 Å². The minimum atomic E-state index is -3.26. The quantitative estimate of drug-likeness (QED) is 0.681. The third-order valence-corrected chi connectivity index (χ3v) is 7.38. The Hall–Kier alpha value is -1.64. The highest BCUT2D eigenvalue weighted by atomic mass is 31.2. The van der Waals surface area contributed by atoms with Gasteiger partial charge >= 0.3 is 7.52 Å². The van der Waals surface area contributed by atoms with Crippen LogP contribution in [0, 0.1) is 17.8 Å². The molecule has 0 radical (unpaired) electrons. The van der Waals surface area contributed by atoms with Gasteiger partial charge in [-0.3, -0.25) is 9.55 Å². The average molecular weight is 372 g/mol. The first-order valence-corrected chi connectivity index (χ1v) is 11.1. The topological polar surface area (TPSA) is 51.2 Å². The van der Waals surface area contributed by atoms with Crippen molar-refractivity contribution in [3.8, 4) is 0 Å². The Morgan fingerprint density at radius 3 is 2.58 bits per heavy atom. The van der Waals surface area contributed by atoms with Crippen molar-refractivity contribution in [3.63, 3.8) is 0 Å². The van der Waals surface area contributed by atoms with Crippen LogP contribution in [0.4, 0.5) is 5.69 Å². The van der Waals surface area contributed by atoms with Gasteiger partial charge < -0.3 is 9.61 Å². The van der Waals surface area contributed by atoms with Crippen LogP contribution in [0.2, 0.25) is 0 Å². The molecule has 4 atom stereocenters. The van der Waals surface area contributed by atoms with E-state index >= 15 is 0 Å². The van der Waals surface area contributed by atoms with Crippen LogP contribution in [0.3, 0.4) is 0 Å². The molecule has 0 unspecified atom stereocenters. The number of hydrogen-bond donors (Lipinski definition) is 1. The van der Waals surface area contributed by atoms with Crippen LogP contribution < -0.4 is 10.4 Å². The molecule has 26 heavy (non-hydrogen) atoms. The molecule has 0 bridgehead atoms. The van der Waals surface area contributed by atoms with E-state index in [1.807, 2.05) is 42.5 Å². The number of nitrogens with one attached hydrogen (secondary N) is 1. The van der Waals surface area contributed by atoms with Crippen LogP contribution in [-0.2, 0) is 9.09 Å². The maximum absolute atomic E-state index is 14.0. The summed E-state index contributed by atoms with van der Waals surface area (Å²) in [5.41, 5.74) is 0.713. The molecule has 4 nitrogen and oxygen atoms in total. The number of nitrogens with zero attached hydrogens (tertiary/aromatic N) is 1. The first kappa shape index (κ1) is 19.1. The maximum atomic E-state index is 14.0. The fourth-order valence-corrected chi connectivity index (χ4v) is 5.77. The molecule has 1 saturated carbocycles. The Morgan fingerprint density at radius 1 is 1.15 bits per heavy atom. The predicted octanol–water partition coefficient (Wildman–Crippen LogP) is 5.49. The van der Waals surface area contributed by atoms with Crippen molar-refractivity contribution in [3.05, 3.63) is 54.9 Å². The highest BCUT2D eigenvalue weighted by Gasteiger charge is 2.38. The van der Waals surface area contributed by atoms with E-state index in [2.05, 4.69) is 30.8 Å². The Labute approximate surface area is 156 Å². The molecule has 1 aliphatic rings. The van der Waals surface area contributed by atoms with Crippen LogP contribution >= 0.6 is 7.52 Å². The van der Waals surface area contributed by atoms with Gasteiger partial charge in [0.1, 0.15) is 0 Å². The zero-order valence-electron chi connectivity index (χ0n) is 15.8. The van der Waals surface area contributed by atoms with Gasteiger partial charge in [-0.15, -0.1) is 0 Å². The number of anilines is 1. The monoisotopic (exact) mass is 372 g/mol. The Bertz CT molecular complexity index is 736. The molecule has 1 aliphatic carbocycles. The average Bonchev–Trinajstić information content (AvgIpc) is 2.63.